The maximum Gasteiger partial charge on any atom is 0.335 e. The van der Waals surface area contributed by atoms with Gasteiger partial charge < -0.3 is 16.4 Å². The molecule has 4 amide bonds. The summed E-state index contributed by atoms with van der Waals surface area (Å²) in [5.74, 6) is 11.7. The van der Waals surface area contributed by atoms with E-state index in [-0.39, 0.29) is 11.5 Å². The number of benzene rings is 1. The van der Waals surface area contributed by atoms with E-state index in [9.17, 15) is 9.59 Å². The Hall–Kier alpha value is -3.74. The average Bonchev–Trinajstić information content (AvgIpc) is 2.78. The first kappa shape index (κ1) is 22.0. The van der Waals surface area contributed by atoms with Crippen LogP contribution in [0.4, 0.5) is 26.9 Å². The second-order valence-corrected chi connectivity index (χ2v) is 6.89. The van der Waals surface area contributed by atoms with E-state index in [1.54, 1.807) is 0 Å². The smallest absolute Gasteiger partial charge is 0.335 e. The van der Waals surface area contributed by atoms with Crippen molar-refractivity contribution in [1.82, 2.24) is 14.9 Å². The molecule has 12 heteroatoms. The first-order valence-corrected chi connectivity index (χ1v) is 9.61. The summed E-state index contributed by atoms with van der Waals surface area (Å²) in [5, 5.41) is 1.25. The molecule has 12 nitrogen and oxygen atoms in total. The Labute approximate surface area is 179 Å². The maximum absolute atomic E-state index is 11.7. The molecular formula is C19H26N10O2. The molecule has 8 N–H and O–H groups in total. The van der Waals surface area contributed by atoms with Gasteiger partial charge in [-0.25, -0.2) is 41.3 Å². The minimum Gasteiger partial charge on any atom is -0.352 e. The number of piperazine rings is 1. The van der Waals surface area contributed by atoms with Crippen LogP contribution in [0.25, 0.3) is 6.08 Å². The van der Waals surface area contributed by atoms with Crippen LogP contribution in [0.5, 0.6) is 0 Å². The van der Waals surface area contributed by atoms with Crippen molar-refractivity contribution in [2.45, 2.75) is 0 Å². The summed E-state index contributed by atoms with van der Waals surface area (Å²) in [6.45, 7) is 3.52. The van der Waals surface area contributed by atoms with Crippen LogP contribution in [0.3, 0.4) is 0 Å². The highest BCUT2D eigenvalue weighted by atomic mass is 16.2. The molecule has 0 radical (unpaired) electrons. The van der Waals surface area contributed by atoms with Gasteiger partial charge in [-0.15, -0.1) is 0 Å². The standard InChI is InChI=1S/C19H26N10O2/c20-18(30)28(22)15-16(24-13-25-17(15)29(23)19(21)31)27-11-9-26(10-12-27)8-4-7-14-5-2-1-3-6-14/h1-7,13H,8-12,22-23H2,(H2,20,30)(H2,21,31)/b7-4+. The molecule has 0 bridgehead atoms. The van der Waals surface area contributed by atoms with Crippen LogP contribution >= 0.6 is 0 Å². The lowest BCUT2D eigenvalue weighted by Crippen LogP contribution is -2.50. The highest BCUT2D eigenvalue weighted by molar-refractivity contribution is 6.01. The second-order valence-electron chi connectivity index (χ2n) is 6.89. The van der Waals surface area contributed by atoms with Crippen molar-refractivity contribution >= 4 is 35.5 Å². The molecule has 31 heavy (non-hydrogen) atoms. The van der Waals surface area contributed by atoms with Crippen molar-refractivity contribution in [3.63, 3.8) is 0 Å². The van der Waals surface area contributed by atoms with Crippen LogP contribution in [-0.2, 0) is 0 Å². The zero-order valence-electron chi connectivity index (χ0n) is 17.0. The van der Waals surface area contributed by atoms with Gasteiger partial charge in [0.1, 0.15) is 12.0 Å². The van der Waals surface area contributed by atoms with Crippen molar-refractivity contribution in [2.75, 3.05) is 47.6 Å². The lowest BCUT2D eigenvalue weighted by Gasteiger charge is -2.36. The van der Waals surface area contributed by atoms with Crippen molar-refractivity contribution in [3.05, 3.63) is 48.3 Å². The summed E-state index contributed by atoms with van der Waals surface area (Å²) in [4.78, 5) is 35.7. The summed E-state index contributed by atoms with van der Waals surface area (Å²) < 4.78 is 0. The normalized spacial score (nSPS) is 14.6. The summed E-state index contributed by atoms with van der Waals surface area (Å²) in [6.07, 6.45) is 5.42. The number of amides is 4. The van der Waals surface area contributed by atoms with E-state index in [0.29, 0.717) is 28.9 Å². The molecule has 3 rings (SSSR count). The number of urea groups is 2. The molecule has 0 saturated carbocycles. The largest absolute Gasteiger partial charge is 0.352 e. The monoisotopic (exact) mass is 426 g/mol. The Balaban J connectivity index is 1.73. The van der Waals surface area contributed by atoms with Crippen LogP contribution in [0.2, 0.25) is 0 Å². The third-order valence-electron chi connectivity index (χ3n) is 4.87. The van der Waals surface area contributed by atoms with E-state index < -0.39 is 12.1 Å². The molecule has 1 fully saturated rings. The number of nitrogens with two attached hydrogens (primary N) is 4. The molecule has 1 aliphatic heterocycles. The zero-order chi connectivity index (χ0) is 22.4. The average molecular weight is 426 g/mol. The fourth-order valence-electron chi connectivity index (χ4n) is 3.24. The van der Waals surface area contributed by atoms with Crippen molar-refractivity contribution in [1.29, 1.82) is 0 Å². The fourth-order valence-corrected chi connectivity index (χ4v) is 3.24. The van der Waals surface area contributed by atoms with Crippen molar-refractivity contribution in [3.8, 4) is 0 Å². The van der Waals surface area contributed by atoms with Gasteiger partial charge in [-0.2, -0.15) is 0 Å². The van der Waals surface area contributed by atoms with E-state index in [1.165, 1.54) is 6.33 Å². The highest BCUT2D eigenvalue weighted by Gasteiger charge is 2.29. The Morgan fingerprint density at radius 3 is 2.23 bits per heavy atom. The summed E-state index contributed by atoms with van der Waals surface area (Å²) in [7, 11) is 0. The first-order chi connectivity index (χ1) is 14.9. The Bertz CT molecular complexity index is 944. The maximum atomic E-state index is 11.7. The van der Waals surface area contributed by atoms with E-state index >= 15 is 0 Å². The minimum absolute atomic E-state index is 0.00808. The number of hydrogen-bond donors (Lipinski definition) is 4. The number of nitrogens with zero attached hydrogens (tertiary/aromatic N) is 6. The molecule has 1 aliphatic rings. The lowest BCUT2D eigenvalue weighted by molar-refractivity contribution is 0.252. The molecular weight excluding hydrogens is 400 g/mol. The van der Waals surface area contributed by atoms with Gasteiger partial charge in [-0.3, -0.25) is 4.90 Å². The number of carbonyl (C=O) groups excluding carboxylic acids is 2. The molecule has 1 aromatic heterocycles. The lowest BCUT2D eigenvalue weighted by atomic mass is 10.2. The molecule has 0 spiro atoms. The Morgan fingerprint density at radius 2 is 1.61 bits per heavy atom. The molecule has 2 heterocycles. The number of rotatable bonds is 6. The third-order valence-corrected chi connectivity index (χ3v) is 4.87. The summed E-state index contributed by atoms with van der Waals surface area (Å²) in [5.41, 5.74) is 11.7. The minimum atomic E-state index is -0.973. The van der Waals surface area contributed by atoms with Crippen LogP contribution in [0.15, 0.2) is 42.7 Å². The summed E-state index contributed by atoms with van der Waals surface area (Å²) in [6, 6.07) is 8.15. The Kier molecular flexibility index (Phi) is 6.97. The van der Waals surface area contributed by atoms with Gasteiger partial charge in [-0.1, -0.05) is 42.5 Å². The van der Waals surface area contributed by atoms with Gasteiger partial charge in [-0.05, 0) is 5.56 Å². The predicted octanol–water partition coefficient (Wildman–Crippen LogP) is -0.170. The van der Waals surface area contributed by atoms with Gasteiger partial charge in [0, 0.05) is 32.7 Å². The molecule has 164 valence electrons. The summed E-state index contributed by atoms with van der Waals surface area (Å²) >= 11 is 0. The van der Waals surface area contributed by atoms with E-state index in [0.717, 1.165) is 25.2 Å². The number of aromatic nitrogens is 2. The second kappa shape index (κ2) is 9.84. The number of carbonyl (C=O) groups is 2. The van der Waals surface area contributed by atoms with Gasteiger partial charge >= 0.3 is 12.1 Å². The topological polar surface area (TPSA) is 177 Å². The van der Waals surface area contributed by atoms with Gasteiger partial charge in [0.15, 0.2) is 11.6 Å². The molecule has 1 saturated heterocycles. The number of primary amides is 2. The first-order valence-electron chi connectivity index (χ1n) is 9.61. The quantitative estimate of drug-likeness (QED) is 0.279. The van der Waals surface area contributed by atoms with Gasteiger partial charge in [0.25, 0.3) is 0 Å². The molecule has 0 aliphatic carbocycles. The number of hydrogen-bond acceptors (Lipinski definition) is 8. The molecule has 2 aromatic rings. The molecule has 0 unspecified atom stereocenters. The number of anilines is 3. The van der Waals surface area contributed by atoms with Crippen LogP contribution in [-0.4, -0.2) is 59.7 Å². The predicted molar refractivity (Wildman–Crippen MR) is 119 cm³/mol. The highest BCUT2D eigenvalue weighted by Crippen LogP contribution is 2.33. The third kappa shape index (κ3) is 5.25. The molecule has 1 aromatic carbocycles. The van der Waals surface area contributed by atoms with E-state index in [2.05, 4.69) is 27.0 Å². The molecule has 0 atom stereocenters. The van der Waals surface area contributed by atoms with Crippen LogP contribution in [0.1, 0.15) is 5.56 Å². The van der Waals surface area contributed by atoms with E-state index in [4.69, 9.17) is 23.2 Å². The fraction of sp³-hybridized carbons (Fsp3) is 0.263. The van der Waals surface area contributed by atoms with Gasteiger partial charge in [0.05, 0.1) is 0 Å². The van der Waals surface area contributed by atoms with Crippen LogP contribution < -0.4 is 38.1 Å². The SMILES string of the molecule is NC(=O)N(N)c1ncnc(N2CCN(C/C=C/c3ccccc3)CC2)c1N(N)C(N)=O. The van der Waals surface area contributed by atoms with Crippen LogP contribution in [0, 0.1) is 0 Å². The Morgan fingerprint density at radius 1 is 0.968 bits per heavy atom. The van der Waals surface area contributed by atoms with Crippen molar-refractivity contribution in [2.24, 2.45) is 23.2 Å². The number of hydrazine groups is 2. The zero-order valence-corrected chi connectivity index (χ0v) is 17.0. The van der Waals surface area contributed by atoms with Gasteiger partial charge in [0.2, 0.25) is 0 Å². The van der Waals surface area contributed by atoms with Crippen molar-refractivity contribution < 1.29 is 9.59 Å². The van der Waals surface area contributed by atoms with E-state index in [1.807, 2.05) is 35.2 Å².